The zero-order valence-corrected chi connectivity index (χ0v) is 15.0. The van der Waals surface area contributed by atoms with E-state index in [9.17, 15) is 4.79 Å². The van der Waals surface area contributed by atoms with Gasteiger partial charge in [0.05, 0.1) is 11.2 Å². The van der Waals surface area contributed by atoms with Crippen molar-refractivity contribution < 1.29 is 0 Å². The molecule has 0 amide bonds. The highest BCUT2D eigenvalue weighted by Crippen LogP contribution is 2.36. The van der Waals surface area contributed by atoms with Gasteiger partial charge in [0.15, 0.2) is 0 Å². The number of benzene rings is 1. The Hall–Kier alpha value is -2.50. The summed E-state index contributed by atoms with van der Waals surface area (Å²) in [6.45, 7) is 4.61. The molecule has 126 valence electrons. The molecule has 0 saturated heterocycles. The number of fused-ring (bicyclic) bond motifs is 3. The number of pyridine rings is 2. The van der Waals surface area contributed by atoms with Crippen molar-refractivity contribution in [1.82, 2.24) is 9.97 Å². The van der Waals surface area contributed by atoms with Crippen LogP contribution in [0.4, 0.5) is 0 Å². The first kappa shape index (κ1) is 16.0. The molecule has 0 radical (unpaired) electrons. The maximum absolute atomic E-state index is 12.4. The fraction of sp³-hybridized carbons (Fsp3) is 0.200. The quantitative estimate of drug-likeness (QED) is 0.589. The number of nitrogens with one attached hydrogen (secondary N) is 1. The molecule has 3 N–H and O–H groups in total. The first-order chi connectivity index (χ1) is 12.1. The van der Waals surface area contributed by atoms with E-state index >= 15 is 0 Å². The van der Waals surface area contributed by atoms with Gasteiger partial charge in [-0.05, 0) is 49.4 Å². The summed E-state index contributed by atoms with van der Waals surface area (Å²) in [5, 5.41) is 4.05. The molecule has 0 fully saturated rings. The molecular weight excluding hydrogens is 330 g/mol. The number of thiophene rings is 1. The third-order valence-corrected chi connectivity index (χ3v) is 5.53. The normalized spacial score (nSPS) is 11.5. The van der Waals surface area contributed by atoms with Crippen molar-refractivity contribution in [2.45, 2.75) is 20.3 Å². The highest BCUT2D eigenvalue weighted by atomic mass is 32.1. The SMILES string of the molecule is Cc1nc(C)c2[nH]c(=O)c3sccc3c2c1-c1ccc(CCN)cc1. The van der Waals surface area contributed by atoms with Crippen molar-refractivity contribution in [2.75, 3.05) is 6.54 Å². The van der Waals surface area contributed by atoms with Crippen LogP contribution >= 0.6 is 11.3 Å². The largest absolute Gasteiger partial charge is 0.330 e. The molecule has 4 aromatic rings. The second-order valence-corrected chi connectivity index (χ2v) is 7.18. The number of aryl methyl sites for hydroxylation is 2. The van der Waals surface area contributed by atoms with Gasteiger partial charge in [0.1, 0.15) is 4.70 Å². The molecule has 1 aromatic carbocycles. The molecule has 4 nitrogen and oxygen atoms in total. The first-order valence-electron chi connectivity index (χ1n) is 8.30. The maximum atomic E-state index is 12.4. The highest BCUT2D eigenvalue weighted by Gasteiger charge is 2.16. The summed E-state index contributed by atoms with van der Waals surface area (Å²) in [4.78, 5) is 20.1. The Kier molecular flexibility index (Phi) is 3.90. The summed E-state index contributed by atoms with van der Waals surface area (Å²) < 4.78 is 0.763. The number of H-pyrrole nitrogens is 1. The molecule has 25 heavy (non-hydrogen) atoms. The fourth-order valence-electron chi connectivity index (χ4n) is 3.48. The van der Waals surface area contributed by atoms with E-state index < -0.39 is 0 Å². The van der Waals surface area contributed by atoms with Gasteiger partial charge in [0.2, 0.25) is 0 Å². The van der Waals surface area contributed by atoms with E-state index in [0.29, 0.717) is 6.54 Å². The Balaban J connectivity index is 2.09. The predicted molar refractivity (Wildman–Crippen MR) is 105 cm³/mol. The van der Waals surface area contributed by atoms with Crippen molar-refractivity contribution in [1.29, 1.82) is 0 Å². The topological polar surface area (TPSA) is 71.8 Å². The van der Waals surface area contributed by atoms with Gasteiger partial charge in [0, 0.05) is 22.0 Å². The number of hydrogen-bond acceptors (Lipinski definition) is 4. The molecular formula is C20H19N3OS. The summed E-state index contributed by atoms with van der Waals surface area (Å²) in [7, 11) is 0. The van der Waals surface area contributed by atoms with Gasteiger partial charge in [-0.2, -0.15) is 0 Å². The van der Waals surface area contributed by atoms with Crippen LogP contribution in [0.2, 0.25) is 0 Å². The molecule has 3 aromatic heterocycles. The van der Waals surface area contributed by atoms with Gasteiger partial charge >= 0.3 is 0 Å². The summed E-state index contributed by atoms with van der Waals surface area (Å²) in [6.07, 6.45) is 0.869. The molecule has 0 atom stereocenters. The number of nitrogens with two attached hydrogens (primary N) is 1. The minimum absolute atomic E-state index is 0.0458. The average molecular weight is 349 g/mol. The van der Waals surface area contributed by atoms with E-state index in [4.69, 9.17) is 5.73 Å². The van der Waals surface area contributed by atoms with Crippen molar-refractivity contribution in [3.8, 4) is 11.1 Å². The number of aromatic nitrogens is 2. The van der Waals surface area contributed by atoms with Crippen LogP contribution in [0.15, 0.2) is 40.5 Å². The summed E-state index contributed by atoms with van der Waals surface area (Å²) in [6, 6.07) is 10.5. The standard InChI is InChI=1S/C20H19N3OS/c1-11-16(14-5-3-13(4-6-14)7-9-21)17-15-8-10-25-19(15)20(24)23-18(17)12(2)22-11/h3-6,8,10H,7,9,21H2,1-2H3,(H,23,24). The Morgan fingerprint density at radius 2 is 1.88 bits per heavy atom. The molecule has 0 bridgehead atoms. The van der Waals surface area contributed by atoms with E-state index in [1.807, 2.05) is 25.3 Å². The van der Waals surface area contributed by atoms with E-state index in [1.54, 1.807) is 0 Å². The lowest BCUT2D eigenvalue weighted by molar-refractivity contribution is 0.969. The van der Waals surface area contributed by atoms with Crippen LogP contribution in [0.25, 0.3) is 32.1 Å². The average Bonchev–Trinajstić information content (AvgIpc) is 3.08. The lowest BCUT2D eigenvalue weighted by atomic mass is 9.95. The van der Waals surface area contributed by atoms with Gasteiger partial charge in [-0.1, -0.05) is 24.3 Å². The Morgan fingerprint density at radius 3 is 2.60 bits per heavy atom. The van der Waals surface area contributed by atoms with Crippen LogP contribution < -0.4 is 11.3 Å². The zero-order valence-electron chi connectivity index (χ0n) is 14.2. The van der Waals surface area contributed by atoms with Crippen molar-refractivity contribution in [3.63, 3.8) is 0 Å². The molecule has 0 aliphatic carbocycles. The molecule has 0 spiro atoms. The summed E-state index contributed by atoms with van der Waals surface area (Å²) in [5.41, 5.74) is 11.7. The van der Waals surface area contributed by atoms with Crippen LogP contribution in [-0.4, -0.2) is 16.5 Å². The van der Waals surface area contributed by atoms with E-state index in [-0.39, 0.29) is 5.56 Å². The van der Waals surface area contributed by atoms with Gasteiger partial charge < -0.3 is 10.7 Å². The highest BCUT2D eigenvalue weighted by molar-refractivity contribution is 7.17. The molecule has 4 rings (SSSR count). The summed E-state index contributed by atoms with van der Waals surface area (Å²) in [5.74, 6) is 0. The van der Waals surface area contributed by atoms with E-state index in [0.717, 1.165) is 49.9 Å². The molecule has 3 heterocycles. The molecule has 0 aliphatic rings. The number of hydrogen-bond donors (Lipinski definition) is 2. The first-order valence-corrected chi connectivity index (χ1v) is 9.18. The van der Waals surface area contributed by atoms with Crippen molar-refractivity contribution >= 4 is 32.3 Å². The number of aromatic amines is 1. The smallest absolute Gasteiger partial charge is 0.266 e. The lowest BCUT2D eigenvalue weighted by Gasteiger charge is -2.14. The zero-order chi connectivity index (χ0) is 17.6. The second-order valence-electron chi connectivity index (χ2n) is 6.26. The molecule has 0 saturated carbocycles. The van der Waals surface area contributed by atoms with Gasteiger partial charge in [-0.3, -0.25) is 9.78 Å². The van der Waals surface area contributed by atoms with Crippen LogP contribution in [0, 0.1) is 13.8 Å². The van der Waals surface area contributed by atoms with Crippen molar-refractivity contribution in [3.05, 3.63) is 63.0 Å². The van der Waals surface area contributed by atoms with Gasteiger partial charge in [-0.15, -0.1) is 11.3 Å². The van der Waals surface area contributed by atoms with Crippen LogP contribution in [0.5, 0.6) is 0 Å². The molecule has 5 heteroatoms. The minimum atomic E-state index is -0.0458. The van der Waals surface area contributed by atoms with Crippen LogP contribution in [0.1, 0.15) is 17.0 Å². The van der Waals surface area contributed by atoms with E-state index in [2.05, 4.69) is 34.2 Å². The second kappa shape index (κ2) is 6.10. The minimum Gasteiger partial charge on any atom is -0.330 e. The maximum Gasteiger partial charge on any atom is 0.266 e. The Bertz CT molecular complexity index is 1140. The van der Waals surface area contributed by atoms with Crippen LogP contribution in [-0.2, 0) is 6.42 Å². The fourth-order valence-corrected chi connectivity index (χ4v) is 4.28. The van der Waals surface area contributed by atoms with E-state index in [1.165, 1.54) is 16.9 Å². The number of nitrogens with zero attached hydrogens (tertiary/aromatic N) is 1. The summed E-state index contributed by atoms with van der Waals surface area (Å²) >= 11 is 1.48. The van der Waals surface area contributed by atoms with Crippen molar-refractivity contribution in [2.24, 2.45) is 5.73 Å². The third-order valence-electron chi connectivity index (χ3n) is 4.61. The Morgan fingerprint density at radius 1 is 1.12 bits per heavy atom. The lowest BCUT2D eigenvalue weighted by Crippen LogP contribution is -2.07. The molecule has 0 aliphatic heterocycles. The third kappa shape index (κ3) is 2.56. The molecule has 0 unspecified atom stereocenters. The van der Waals surface area contributed by atoms with Gasteiger partial charge in [0.25, 0.3) is 5.56 Å². The number of rotatable bonds is 3. The predicted octanol–water partition coefficient (Wildman–Crippen LogP) is 3.92. The van der Waals surface area contributed by atoms with Crippen LogP contribution in [0.3, 0.4) is 0 Å². The van der Waals surface area contributed by atoms with Gasteiger partial charge in [-0.25, -0.2) is 0 Å². The monoisotopic (exact) mass is 349 g/mol. The Labute approximate surface area is 149 Å².